The highest BCUT2D eigenvalue weighted by molar-refractivity contribution is 7.92. The average molecular weight is 516 g/mol. The van der Waals surface area contributed by atoms with Crippen molar-refractivity contribution in [1.29, 1.82) is 0 Å². The molecule has 0 aliphatic heterocycles. The van der Waals surface area contributed by atoms with Gasteiger partial charge in [-0.25, -0.2) is 8.42 Å². The summed E-state index contributed by atoms with van der Waals surface area (Å²) in [6.45, 7) is 5.09. The number of rotatable bonds is 10. The van der Waals surface area contributed by atoms with Gasteiger partial charge in [-0.3, -0.25) is 13.9 Å². The number of carbonyl (C=O) groups is 2. The van der Waals surface area contributed by atoms with Gasteiger partial charge in [0.2, 0.25) is 21.8 Å². The molecule has 1 atom stereocenters. The first-order valence-corrected chi connectivity index (χ1v) is 14.1. The Labute approximate surface area is 214 Å². The van der Waals surface area contributed by atoms with Crippen molar-refractivity contribution in [3.05, 3.63) is 59.2 Å². The molecular formula is C27H37N3O5S. The molecule has 2 aromatic rings. The molecular weight excluding hydrogens is 478 g/mol. The van der Waals surface area contributed by atoms with Crippen LogP contribution in [0.25, 0.3) is 0 Å². The highest BCUT2D eigenvalue weighted by Crippen LogP contribution is 2.25. The Morgan fingerprint density at radius 3 is 2.44 bits per heavy atom. The Kier molecular flexibility index (Phi) is 9.00. The van der Waals surface area contributed by atoms with E-state index in [1.54, 1.807) is 32.2 Å². The van der Waals surface area contributed by atoms with E-state index in [9.17, 15) is 18.0 Å². The molecule has 0 unspecified atom stereocenters. The summed E-state index contributed by atoms with van der Waals surface area (Å²) in [5.41, 5.74) is 2.86. The maximum Gasteiger partial charge on any atom is 0.244 e. The molecule has 1 aliphatic rings. The molecule has 8 nitrogen and oxygen atoms in total. The molecule has 2 amide bonds. The molecule has 196 valence electrons. The number of methoxy groups -OCH3 is 1. The summed E-state index contributed by atoms with van der Waals surface area (Å²) < 4.78 is 32.0. The van der Waals surface area contributed by atoms with E-state index in [2.05, 4.69) is 5.32 Å². The fraction of sp³-hybridized carbons (Fsp3) is 0.481. The normalized spacial score (nSPS) is 14.8. The SMILES string of the molecule is COc1cccc(CN(C(=O)CN(c2cc(C)ccc2C)S(C)(=O)=O)[C@@H](C)C(=O)NC2CCCC2)c1. The maximum atomic E-state index is 13.7. The molecule has 1 aliphatic carbocycles. The van der Waals surface area contributed by atoms with Crippen LogP contribution in [0.1, 0.15) is 49.3 Å². The molecule has 9 heteroatoms. The molecule has 1 fully saturated rings. The zero-order valence-electron chi connectivity index (χ0n) is 21.8. The summed E-state index contributed by atoms with van der Waals surface area (Å²) in [6, 6.07) is 12.1. The standard InChI is InChI=1S/C27H37N3O5S/c1-19-13-14-20(2)25(15-19)30(36(5,33)34)18-26(31)29(17-22-9-8-12-24(16-22)35-4)21(3)27(32)28-23-10-6-7-11-23/h8-9,12-16,21,23H,6-7,10-11,17-18H2,1-5H3,(H,28,32)/t21-/m0/s1. The number of hydrogen-bond acceptors (Lipinski definition) is 5. The minimum Gasteiger partial charge on any atom is -0.497 e. The average Bonchev–Trinajstić information content (AvgIpc) is 3.34. The number of benzene rings is 2. The van der Waals surface area contributed by atoms with Gasteiger partial charge in [0.05, 0.1) is 19.1 Å². The van der Waals surface area contributed by atoms with Gasteiger partial charge in [0.1, 0.15) is 18.3 Å². The summed E-state index contributed by atoms with van der Waals surface area (Å²) in [4.78, 5) is 28.3. The van der Waals surface area contributed by atoms with Gasteiger partial charge in [-0.2, -0.15) is 0 Å². The van der Waals surface area contributed by atoms with Crippen molar-refractivity contribution in [3.8, 4) is 5.75 Å². The van der Waals surface area contributed by atoms with Gasteiger partial charge in [-0.15, -0.1) is 0 Å². The van der Waals surface area contributed by atoms with Gasteiger partial charge in [-0.1, -0.05) is 37.1 Å². The molecule has 1 saturated carbocycles. The van der Waals surface area contributed by atoms with Crippen molar-refractivity contribution in [1.82, 2.24) is 10.2 Å². The molecule has 0 bridgehead atoms. The van der Waals surface area contributed by atoms with Crippen LogP contribution in [0.3, 0.4) is 0 Å². The van der Waals surface area contributed by atoms with Crippen LogP contribution >= 0.6 is 0 Å². The number of aryl methyl sites for hydroxylation is 2. The van der Waals surface area contributed by atoms with Crippen LogP contribution in [-0.4, -0.2) is 57.1 Å². The molecule has 0 saturated heterocycles. The second-order valence-electron chi connectivity index (χ2n) is 9.60. The summed E-state index contributed by atoms with van der Waals surface area (Å²) in [6.07, 6.45) is 5.09. The summed E-state index contributed by atoms with van der Waals surface area (Å²) in [7, 11) is -2.21. The van der Waals surface area contributed by atoms with Crippen LogP contribution in [0.15, 0.2) is 42.5 Å². The predicted octanol–water partition coefficient (Wildman–Crippen LogP) is 3.55. The number of hydrogen-bond donors (Lipinski definition) is 1. The summed E-state index contributed by atoms with van der Waals surface area (Å²) in [5.74, 6) is -0.0647. The first-order valence-electron chi connectivity index (χ1n) is 12.3. The number of nitrogens with one attached hydrogen (secondary N) is 1. The fourth-order valence-corrected chi connectivity index (χ4v) is 5.42. The van der Waals surface area contributed by atoms with E-state index in [-0.39, 0.29) is 18.5 Å². The Balaban J connectivity index is 1.92. The lowest BCUT2D eigenvalue weighted by molar-refractivity contribution is -0.139. The third-order valence-electron chi connectivity index (χ3n) is 6.67. The number of ether oxygens (including phenoxy) is 1. The minimum atomic E-state index is -3.77. The highest BCUT2D eigenvalue weighted by Gasteiger charge is 2.31. The van der Waals surface area contributed by atoms with E-state index in [1.165, 1.54) is 4.90 Å². The van der Waals surface area contributed by atoms with Crippen LogP contribution in [0, 0.1) is 13.8 Å². The van der Waals surface area contributed by atoms with E-state index in [0.29, 0.717) is 11.4 Å². The van der Waals surface area contributed by atoms with Crippen molar-refractivity contribution in [3.63, 3.8) is 0 Å². The Morgan fingerprint density at radius 2 is 1.81 bits per heavy atom. The maximum absolute atomic E-state index is 13.7. The van der Waals surface area contributed by atoms with Crippen LogP contribution in [0.4, 0.5) is 5.69 Å². The first-order chi connectivity index (χ1) is 17.0. The van der Waals surface area contributed by atoms with Gasteiger partial charge in [0.25, 0.3) is 0 Å². The van der Waals surface area contributed by atoms with Crippen LogP contribution < -0.4 is 14.4 Å². The zero-order chi connectivity index (χ0) is 26.5. The van der Waals surface area contributed by atoms with Crippen LogP contribution in [0.2, 0.25) is 0 Å². The van der Waals surface area contributed by atoms with Crippen molar-refractivity contribution >= 4 is 27.5 Å². The second kappa shape index (κ2) is 11.8. The van der Waals surface area contributed by atoms with Gasteiger partial charge in [0.15, 0.2) is 0 Å². The summed E-state index contributed by atoms with van der Waals surface area (Å²) >= 11 is 0. The van der Waals surface area contributed by atoms with Crippen LogP contribution in [0.5, 0.6) is 5.75 Å². The third kappa shape index (κ3) is 7.00. The molecule has 0 aromatic heterocycles. The molecule has 36 heavy (non-hydrogen) atoms. The third-order valence-corrected chi connectivity index (χ3v) is 7.79. The lowest BCUT2D eigenvalue weighted by Crippen LogP contribution is -2.52. The highest BCUT2D eigenvalue weighted by atomic mass is 32.2. The first kappa shape index (κ1) is 27.5. The number of sulfonamides is 1. The van der Waals surface area contributed by atoms with Crippen molar-refractivity contribution in [2.75, 3.05) is 24.2 Å². The Bertz CT molecular complexity index is 1190. The quantitative estimate of drug-likeness (QED) is 0.522. The minimum absolute atomic E-state index is 0.108. The molecule has 2 aromatic carbocycles. The predicted molar refractivity (Wildman–Crippen MR) is 142 cm³/mol. The van der Waals surface area contributed by atoms with E-state index in [0.717, 1.165) is 52.9 Å². The van der Waals surface area contributed by atoms with Gasteiger partial charge in [0, 0.05) is 12.6 Å². The Morgan fingerprint density at radius 1 is 1.11 bits per heavy atom. The number of anilines is 1. The molecule has 0 heterocycles. The van der Waals surface area contributed by atoms with Gasteiger partial charge < -0.3 is 15.0 Å². The van der Waals surface area contributed by atoms with Gasteiger partial charge in [-0.05, 0) is 68.5 Å². The lowest BCUT2D eigenvalue weighted by atomic mass is 10.1. The number of carbonyl (C=O) groups excluding carboxylic acids is 2. The molecule has 1 N–H and O–H groups in total. The molecule has 3 rings (SSSR count). The van der Waals surface area contributed by atoms with Crippen molar-refractivity contribution < 1.29 is 22.7 Å². The molecule has 0 radical (unpaired) electrons. The van der Waals surface area contributed by atoms with E-state index < -0.39 is 28.5 Å². The monoisotopic (exact) mass is 515 g/mol. The van der Waals surface area contributed by atoms with E-state index in [4.69, 9.17) is 4.74 Å². The second-order valence-corrected chi connectivity index (χ2v) is 11.5. The van der Waals surface area contributed by atoms with Crippen molar-refractivity contribution in [2.24, 2.45) is 0 Å². The van der Waals surface area contributed by atoms with E-state index >= 15 is 0 Å². The topological polar surface area (TPSA) is 96.0 Å². The largest absolute Gasteiger partial charge is 0.497 e. The lowest BCUT2D eigenvalue weighted by Gasteiger charge is -2.32. The molecule has 0 spiro atoms. The van der Waals surface area contributed by atoms with E-state index in [1.807, 2.05) is 38.1 Å². The Hall–Kier alpha value is -3.07. The smallest absolute Gasteiger partial charge is 0.244 e. The zero-order valence-corrected chi connectivity index (χ0v) is 22.6. The van der Waals surface area contributed by atoms with Gasteiger partial charge >= 0.3 is 0 Å². The van der Waals surface area contributed by atoms with Crippen LogP contribution in [-0.2, 0) is 26.2 Å². The summed E-state index contributed by atoms with van der Waals surface area (Å²) in [5, 5.41) is 3.06. The van der Waals surface area contributed by atoms with Crippen molar-refractivity contribution in [2.45, 2.75) is 65.1 Å². The number of amides is 2. The number of nitrogens with zero attached hydrogens (tertiary/aromatic N) is 2. The fourth-order valence-electron chi connectivity index (χ4n) is 4.52.